The van der Waals surface area contributed by atoms with Crippen LogP contribution in [0.5, 0.6) is 0 Å². The second-order valence-electron chi connectivity index (χ2n) is 1.99. The predicted molar refractivity (Wildman–Crippen MR) is 40.9 cm³/mol. The second kappa shape index (κ2) is 2.52. The van der Waals surface area contributed by atoms with Gasteiger partial charge in [-0.05, 0) is 12.1 Å². The lowest BCUT2D eigenvalue weighted by Crippen LogP contribution is -1.87. The summed E-state index contributed by atoms with van der Waals surface area (Å²) in [5.41, 5.74) is 6.22. The van der Waals surface area contributed by atoms with E-state index in [9.17, 15) is 4.39 Å². The Bertz CT molecular complexity index is 255. The van der Waals surface area contributed by atoms with Gasteiger partial charge in [0.15, 0.2) is 0 Å². The first kappa shape index (κ1) is 6.81. The smallest absolute Gasteiger partial charge is 0.132 e. The molecule has 1 nitrogen and oxygen atoms in total. The van der Waals surface area contributed by atoms with E-state index >= 15 is 0 Å². The molecule has 10 heavy (non-hydrogen) atoms. The van der Waals surface area contributed by atoms with Crippen LogP contribution in [0.2, 0.25) is 0 Å². The molecule has 1 rings (SSSR count). The molecule has 0 aliphatic carbocycles. The standard InChI is InChI=1S/C8H8FN/c1-2-6-3-4-7(10)5-8(6)9/h2-5H,1,10H2. The number of rotatable bonds is 1. The monoisotopic (exact) mass is 137 g/mol. The van der Waals surface area contributed by atoms with E-state index in [-0.39, 0.29) is 5.82 Å². The number of anilines is 1. The lowest BCUT2D eigenvalue weighted by atomic mass is 10.2. The fourth-order valence-corrected chi connectivity index (χ4v) is 0.709. The first-order chi connectivity index (χ1) is 4.74. The highest BCUT2D eigenvalue weighted by Crippen LogP contribution is 2.11. The van der Waals surface area contributed by atoms with Crippen molar-refractivity contribution in [1.82, 2.24) is 0 Å². The average Bonchev–Trinajstić information content (AvgIpc) is 1.88. The van der Waals surface area contributed by atoms with Gasteiger partial charge in [0.25, 0.3) is 0 Å². The molecule has 0 aromatic heterocycles. The molecule has 0 fully saturated rings. The highest BCUT2D eigenvalue weighted by atomic mass is 19.1. The molecule has 2 heteroatoms. The highest BCUT2D eigenvalue weighted by Gasteiger charge is 1.95. The van der Waals surface area contributed by atoms with E-state index in [2.05, 4.69) is 6.58 Å². The van der Waals surface area contributed by atoms with E-state index < -0.39 is 0 Å². The van der Waals surface area contributed by atoms with Gasteiger partial charge < -0.3 is 5.73 Å². The van der Waals surface area contributed by atoms with Crippen molar-refractivity contribution >= 4 is 11.8 Å². The molecule has 0 saturated heterocycles. The highest BCUT2D eigenvalue weighted by molar-refractivity contribution is 5.52. The number of hydrogen-bond donors (Lipinski definition) is 1. The van der Waals surface area contributed by atoms with E-state index in [0.29, 0.717) is 11.3 Å². The summed E-state index contributed by atoms with van der Waals surface area (Å²) >= 11 is 0. The molecule has 0 heterocycles. The Hall–Kier alpha value is -1.31. The lowest BCUT2D eigenvalue weighted by Gasteiger charge is -1.96. The minimum Gasteiger partial charge on any atom is -0.399 e. The van der Waals surface area contributed by atoms with Crippen molar-refractivity contribution in [2.45, 2.75) is 0 Å². The minimum atomic E-state index is -0.324. The molecule has 0 atom stereocenters. The second-order valence-corrected chi connectivity index (χ2v) is 1.99. The van der Waals surface area contributed by atoms with Gasteiger partial charge in [0.2, 0.25) is 0 Å². The molecule has 0 saturated carbocycles. The number of halogens is 1. The maximum atomic E-state index is 12.7. The zero-order valence-electron chi connectivity index (χ0n) is 5.47. The Kier molecular flexibility index (Phi) is 1.71. The molecule has 0 spiro atoms. The van der Waals surface area contributed by atoms with Crippen LogP contribution in [0.3, 0.4) is 0 Å². The summed E-state index contributed by atoms with van der Waals surface area (Å²) in [6.45, 7) is 3.44. The largest absolute Gasteiger partial charge is 0.399 e. The topological polar surface area (TPSA) is 26.0 Å². The van der Waals surface area contributed by atoms with Gasteiger partial charge in [0, 0.05) is 11.3 Å². The molecule has 0 bridgehead atoms. The summed E-state index contributed by atoms with van der Waals surface area (Å²) in [6.07, 6.45) is 1.45. The van der Waals surface area contributed by atoms with Crippen molar-refractivity contribution in [2.24, 2.45) is 0 Å². The fraction of sp³-hybridized carbons (Fsp3) is 0. The summed E-state index contributed by atoms with van der Waals surface area (Å²) in [5.74, 6) is -0.324. The van der Waals surface area contributed by atoms with Crippen molar-refractivity contribution in [3.05, 3.63) is 36.2 Å². The molecule has 0 radical (unpaired) electrons. The van der Waals surface area contributed by atoms with Crippen LogP contribution in [-0.4, -0.2) is 0 Å². The zero-order chi connectivity index (χ0) is 7.56. The fourth-order valence-electron chi connectivity index (χ4n) is 0.709. The third kappa shape index (κ3) is 1.16. The number of hydrogen-bond acceptors (Lipinski definition) is 1. The van der Waals surface area contributed by atoms with E-state index in [1.54, 1.807) is 12.1 Å². The van der Waals surface area contributed by atoms with Gasteiger partial charge in [0.05, 0.1) is 0 Å². The minimum absolute atomic E-state index is 0.324. The van der Waals surface area contributed by atoms with Crippen molar-refractivity contribution in [3.63, 3.8) is 0 Å². The van der Waals surface area contributed by atoms with Crippen molar-refractivity contribution in [1.29, 1.82) is 0 Å². The Morgan fingerprint density at radius 2 is 2.20 bits per heavy atom. The Morgan fingerprint density at radius 3 is 2.70 bits per heavy atom. The molecular weight excluding hydrogens is 129 g/mol. The third-order valence-electron chi connectivity index (χ3n) is 1.24. The van der Waals surface area contributed by atoms with E-state index in [1.807, 2.05) is 0 Å². The molecule has 1 aromatic carbocycles. The molecular formula is C8H8FN. The van der Waals surface area contributed by atoms with Crippen LogP contribution in [0, 0.1) is 5.82 Å². The molecule has 0 aliphatic rings. The third-order valence-corrected chi connectivity index (χ3v) is 1.24. The van der Waals surface area contributed by atoms with Gasteiger partial charge in [-0.25, -0.2) is 4.39 Å². The maximum Gasteiger partial charge on any atom is 0.132 e. The van der Waals surface area contributed by atoms with Crippen LogP contribution in [0.15, 0.2) is 24.8 Å². The van der Waals surface area contributed by atoms with Gasteiger partial charge >= 0.3 is 0 Å². The quantitative estimate of drug-likeness (QED) is 0.589. The maximum absolute atomic E-state index is 12.7. The average molecular weight is 137 g/mol. The Labute approximate surface area is 59.0 Å². The van der Waals surface area contributed by atoms with Crippen LogP contribution < -0.4 is 5.73 Å². The van der Waals surface area contributed by atoms with Gasteiger partial charge in [0.1, 0.15) is 5.82 Å². The van der Waals surface area contributed by atoms with Crippen LogP contribution in [0.1, 0.15) is 5.56 Å². The van der Waals surface area contributed by atoms with Crippen molar-refractivity contribution < 1.29 is 4.39 Å². The predicted octanol–water partition coefficient (Wildman–Crippen LogP) is 2.05. The van der Waals surface area contributed by atoms with Gasteiger partial charge in [-0.3, -0.25) is 0 Å². The normalized spacial score (nSPS) is 9.30. The van der Waals surface area contributed by atoms with Gasteiger partial charge in [-0.2, -0.15) is 0 Å². The molecule has 0 unspecified atom stereocenters. The van der Waals surface area contributed by atoms with Crippen LogP contribution in [-0.2, 0) is 0 Å². The summed E-state index contributed by atoms with van der Waals surface area (Å²) in [6, 6.07) is 4.51. The Morgan fingerprint density at radius 1 is 1.50 bits per heavy atom. The molecule has 0 aliphatic heterocycles. The van der Waals surface area contributed by atoms with Crippen molar-refractivity contribution in [3.8, 4) is 0 Å². The number of nitrogens with two attached hydrogens (primary N) is 1. The van der Waals surface area contributed by atoms with Crippen LogP contribution in [0.4, 0.5) is 10.1 Å². The molecule has 52 valence electrons. The van der Waals surface area contributed by atoms with Crippen LogP contribution >= 0.6 is 0 Å². The van der Waals surface area contributed by atoms with Gasteiger partial charge in [-0.15, -0.1) is 0 Å². The first-order valence-electron chi connectivity index (χ1n) is 2.91. The summed E-state index contributed by atoms with van der Waals surface area (Å²) in [7, 11) is 0. The first-order valence-corrected chi connectivity index (χ1v) is 2.91. The van der Waals surface area contributed by atoms with E-state index in [4.69, 9.17) is 5.73 Å². The number of nitrogen functional groups attached to an aromatic ring is 1. The molecule has 2 N–H and O–H groups in total. The van der Waals surface area contributed by atoms with E-state index in [1.165, 1.54) is 12.1 Å². The van der Waals surface area contributed by atoms with E-state index in [0.717, 1.165) is 0 Å². The molecule has 1 aromatic rings. The number of benzene rings is 1. The van der Waals surface area contributed by atoms with Gasteiger partial charge in [-0.1, -0.05) is 18.7 Å². The SMILES string of the molecule is C=Cc1ccc(N)cc1F. The summed E-state index contributed by atoms with van der Waals surface area (Å²) in [4.78, 5) is 0. The Balaban J connectivity index is 3.19. The van der Waals surface area contributed by atoms with Crippen LogP contribution in [0.25, 0.3) is 6.08 Å². The zero-order valence-corrected chi connectivity index (χ0v) is 5.47. The molecule has 0 amide bonds. The summed E-state index contributed by atoms with van der Waals surface area (Å²) < 4.78 is 12.7. The lowest BCUT2D eigenvalue weighted by molar-refractivity contribution is 0.626. The summed E-state index contributed by atoms with van der Waals surface area (Å²) in [5, 5.41) is 0. The van der Waals surface area contributed by atoms with Crippen molar-refractivity contribution in [2.75, 3.05) is 5.73 Å².